The molecule has 2 aliphatic rings. The van der Waals surface area contributed by atoms with E-state index in [1.807, 2.05) is 0 Å². The van der Waals surface area contributed by atoms with Crippen molar-refractivity contribution in [2.24, 2.45) is 17.3 Å². The van der Waals surface area contributed by atoms with Crippen molar-refractivity contribution in [2.45, 2.75) is 65.8 Å². The van der Waals surface area contributed by atoms with Crippen LogP contribution in [0.25, 0.3) is 0 Å². The van der Waals surface area contributed by atoms with Crippen LogP contribution in [-0.2, 0) is 0 Å². The number of rotatable bonds is 6. The molecule has 0 bridgehead atoms. The molecule has 0 aromatic carbocycles. The highest BCUT2D eigenvalue weighted by Crippen LogP contribution is 2.32. The lowest BCUT2D eigenvalue weighted by atomic mass is 9.89. The molecule has 1 N–H and O–H groups in total. The summed E-state index contributed by atoms with van der Waals surface area (Å²) in [5, 5.41) is 3.83. The van der Waals surface area contributed by atoms with Crippen LogP contribution in [0.15, 0.2) is 0 Å². The third-order valence-electron chi connectivity index (χ3n) is 4.44. The normalized spacial score (nSPS) is 29.7. The molecule has 19 heavy (non-hydrogen) atoms. The third kappa shape index (κ3) is 5.83. The molecule has 0 aromatic heterocycles. The number of nitrogens with zero attached hydrogens (tertiary/aromatic N) is 1. The maximum Gasteiger partial charge on any atom is 0.0198 e. The summed E-state index contributed by atoms with van der Waals surface area (Å²) in [4.78, 5) is 2.75. The minimum atomic E-state index is 0.402. The van der Waals surface area contributed by atoms with E-state index in [4.69, 9.17) is 0 Å². The molecule has 112 valence electrons. The average Bonchev–Trinajstić information content (AvgIpc) is 3.10. The maximum absolute atomic E-state index is 3.83. The number of nitrogens with one attached hydrogen (secondary N) is 1. The van der Waals surface area contributed by atoms with E-state index in [2.05, 4.69) is 37.9 Å². The van der Waals surface area contributed by atoms with E-state index >= 15 is 0 Å². The summed E-state index contributed by atoms with van der Waals surface area (Å²) in [5.41, 5.74) is 0.402. The zero-order valence-corrected chi connectivity index (χ0v) is 13.5. The number of hydrogen-bond donors (Lipinski definition) is 1. The number of hydrogen-bond acceptors (Lipinski definition) is 2. The van der Waals surface area contributed by atoms with Crippen molar-refractivity contribution in [3.05, 3.63) is 0 Å². The topological polar surface area (TPSA) is 15.3 Å². The highest BCUT2D eigenvalue weighted by molar-refractivity contribution is 4.87. The Labute approximate surface area is 120 Å². The predicted octanol–water partition coefficient (Wildman–Crippen LogP) is 3.52. The Hall–Kier alpha value is -0.0800. The standard InChI is InChI=1S/C17H34N2/c1-5-6-15-9-16(18-13-17(2,3)4)12-19(11-15)10-14-7-8-14/h14-16,18H,5-13H2,1-4H3. The molecular formula is C17H34N2. The minimum absolute atomic E-state index is 0.402. The van der Waals surface area contributed by atoms with Crippen molar-refractivity contribution >= 4 is 0 Å². The smallest absolute Gasteiger partial charge is 0.0198 e. The summed E-state index contributed by atoms with van der Waals surface area (Å²) in [6, 6.07) is 0.725. The van der Waals surface area contributed by atoms with Crippen LogP contribution < -0.4 is 5.32 Å². The van der Waals surface area contributed by atoms with E-state index in [9.17, 15) is 0 Å². The van der Waals surface area contributed by atoms with E-state index in [1.165, 1.54) is 51.7 Å². The molecule has 2 atom stereocenters. The third-order valence-corrected chi connectivity index (χ3v) is 4.44. The SMILES string of the molecule is CCCC1CC(NCC(C)(C)C)CN(CC2CC2)C1. The summed E-state index contributed by atoms with van der Waals surface area (Å²) in [6.45, 7) is 14.5. The van der Waals surface area contributed by atoms with Gasteiger partial charge in [-0.05, 0) is 42.9 Å². The highest BCUT2D eigenvalue weighted by atomic mass is 15.2. The van der Waals surface area contributed by atoms with Gasteiger partial charge in [0.2, 0.25) is 0 Å². The van der Waals surface area contributed by atoms with Gasteiger partial charge in [0.05, 0.1) is 0 Å². The van der Waals surface area contributed by atoms with Crippen LogP contribution in [0.2, 0.25) is 0 Å². The fourth-order valence-corrected chi connectivity index (χ4v) is 3.33. The summed E-state index contributed by atoms with van der Waals surface area (Å²) >= 11 is 0. The van der Waals surface area contributed by atoms with Crippen molar-refractivity contribution < 1.29 is 0 Å². The van der Waals surface area contributed by atoms with Gasteiger partial charge >= 0.3 is 0 Å². The second-order valence-corrected chi connectivity index (χ2v) is 8.19. The van der Waals surface area contributed by atoms with Crippen molar-refractivity contribution in [2.75, 3.05) is 26.2 Å². The van der Waals surface area contributed by atoms with Crippen molar-refractivity contribution in [1.82, 2.24) is 10.2 Å². The molecule has 1 saturated carbocycles. The first-order valence-corrected chi connectivity index (χ1v) is 8.42. The highest BCUT2D eigenvalue weighted by Gasteiger charge is 2.31. The van der Waals surface area contributed by atoms with E-state index in [0.29, 0.717) is 5.41 Å². The number of piperidine rings is 1. The first-order chi connectivity index (χ1) is 8.96. The Balaban J connectivity index is 1.82. The van der Waals surface area contributed by atoms with Crippen LogP contribution in [0, 0.1) is 17.3 Å². The first kappa shape index (κ1) is 15.3. The summed E-state index contributed by atoms with van der Waals surface area (Å²) in [5.74, 6) is 1.96. The molecule has 1 heterocycles. The Kier molecular flexibility index (Phi) is 5.30. The molecule has 2 fully saturated rings. The molecule has 2 heteroatoms. The molecule has 0 amide bonds. The second kappa shape index (κ2) is 6.58. The van der Waals surface area contributed by atoms with Crippen LogP contribution in [-0.4, -0.2) is 37.1 Å². The van der Waals surface area contributed by atoms with Gasteiger partial charge in [0.25, 0.3) is 0 Å². The molecule has 1 saturated heterocycles. The van der Waals surface area contributed by atoms with Gasteiger partial charge in [-0.3, -0.25) is 0 Å². The van der Waals surface area contributed by atoms with Gasteiger partial charge in [-0.1, -0.05) is 34.1 Å². The van der Waals surface area contributed by atoms with Crippen molar-refractivity contribution in [3.63, 3.8) is 0 Å². The van der Waals surface area contributed by atoms with Gasteiger partial charge in [0, 0.05) is 32.2 Å². The molecule has 0 radical (unpaired) electrons. The second-order valence-electron chi connectivity index (χ2n) is 8.19. The van der Waals surface area contributed by atoms with Crippen molar-refractivity contribution in [1.29, 1.82) is 0 Å². The molecule has 2 rings (SSSR count). The van der Waals surface area contributed by atoms with Gasteiger partial charge < -0.3 is 10.2 Å². The number of likely N-dealkylation sites (tertiary alicyclic amines) is 1. The largest absolute Gasteiger partial charge is 0.312 e. The van der Waals surface area contributed by atoms with Gasteiger partial charge in [0.15, 0.2) is 0 Å². The van der Waals surface area contributed by atoms with Crippen LogP contribution in [0.3, 0.4) is 0 Å². The molecular weight excluding hydrogens is 232 g/mol. The zero-order chi connectivity index (χ0) is 13.9. The van der Waals surface area contributed by atoms with Crippen LogP contribution in [0.1, 0.15) is 59.8 Å². The van der Waals surface area contributed by atoms with Crippen LogP contribution in [0.4, 0.5) is 0 Å². The van der Waals surface area contributed by atoms with Gasteiger partial charge in [-0.25, -0.2) is 0 Å². The van der Waals surface area contributed by atoms with Gasteiger partial charge in [-0.15, -0.1) is 0 Å². The Morgan fingerprint density at radius 3 is 2.42 bits per heavy atom. The van der Waals surface area contributed by atoms with Crippen LogP contribution in [0.5, 0.6) is 0 Å². The molecule has 2 nitrogen and oxygen atoms in total. The lowest BCUT2D eigenvalue weighted by Crippen LogP contribution is -2.51. The quantitative estimate of drug-likeness (QED) is 0.791. The van der Waals surface area contributed by atoms with Gasteiger partial charge in [-0.2, -0.15) is 0 Å². The monoisotopic (exact) mass is 266 g/mol. The summed E-state index contributed by atoms with van der Waals surface area (Å²) in [7, 11) is 0. The summed E-state index contributed by atoms with van der Waals surface area (Å²) in [6.07, 6.45) is 7.11. The Bertz CT molecular complexity index is 265. The summed E-state index contributed by atoms with van der Waals surface area (Å²) < 4.78 is 0. The predicted molar refractivity (Wildman–Crippen MR) is 83.4 cm³/mol. The molecule has 0 aromatic rings. The van der Waals surface area contributed by atoms with E-state index < -0.39 is 0 Å². The Morgan fingerprint density at radius 2 is 1.84 bits per heavy atom. The van der Waals surface area contributed by atoms with E-state index in [0.717, 1.165) is 24.4 Å². The molecule has 1 aliphatic carbocycles. The van der Waals surface area contributed by atoms with Crippen LogP contribution >= 0.6 is 0 Å². The molecule has 0 spiro atoms. The lowest BCUT2D eigenvalue weighted by Gasteiger charge is -2.39. The zero-order valence-electron chi connectivity index (χ0n) is 13.5. The fourth-order valence-electron chi connectivity index (χ4n) is 3.33. The molecule has 1 aliphatic heterocycles. The maximum atomic E-state index is 3.83. The van der Waals surface area contributed by atoms with E-state index in [1.54, 1.807) is 0 Å². The first-order valence-electron chi connectivity index (χ1n) is 8.42. The fraction of sp³-hybridized carbons (Fsp3) is 1.00. The average molecular weight is 266 g/mol. The molecule has 2 unspecified atom stereocenters. The van der Waals surface area contributed by atoms with Crippen molar-refractivity contribution in [3.8, 4) is 0 Å². The Morgan fingerprint density at radius 1 is 1.11 bits per heavy atom. The lowest BCUT2D eigenvalue weighted by molar-refractivity contribution is 0.125. The van der Waals surface area contributed by atoms with E-state index in [-0.39, 0.29) is 0 Å². The minimum Gasteiger partial charge on any atom is -0.312 e. The van der Waals surface area contributed by atoms with Gasteiger partial charge in [0.1, 0.15) is 0 Å².